The van der Waals surface area contributed by atoms with Gasteiger partial charge < -0.3 is 15.4 Å². The van der Waals surface area contributed by atoms with Gasteiger partial charge in [0.25, 0.3) is 0 Å². The minimum Gasteiger partial charge on any atom is -0.393 e. The summed E-state index contributed by atoms with van der Waals surface area (Å²) < 4.78 is 0. The zero-order valence-corrected chi connectivity index (χ0v) is 12.4. The van der Waals surface area contributed by atoms with Crippen LogP contribution < -0.4 is 5.32 Å². The minimum atomic E-state index is -0.249. The van der Waals surface area contributed by atoms with Crippen molar-refractivity contribution >= 4 is 16.8 Å². The van der Waals surface area contributed by atoms with Crippen LogP contribution >= 0.6 is 0 Å². The van der Waals surface area contributed by atoms with Crippen LogP contribution in [0.15, 0.2) is 24.4 Å². The molecular weight excluding hydrogens is 264 g/mol. The highest BCUT2D eigenvalue weighted by atomic mass is 16.3. The van der Waals surface area contributed by atoms with E-state index in [4.69, 9.17) is 0 Å². The molecule has 4 heteroatoms. The molecule has 4 nitrogen and oxygen atoms in total. The Morgan fingerprint density at radius 1 is 1.43 bits per heavy atom. The predicted octanol–water partition coefficient (Wildman–Crippen LogP) is 2.30. The van der Waals surface area contributed by atoms with E-state index in [1.54, 1.807) is 0 Å². The van der Waals surface area contributed by atoms with Gasteiger partial charge in [0.15, 0.2) is 0 Å². The molecule has 1 amide bonds. The number of aliphatic hydroxyl groups excluding tert-OH is 1. The van der Waals surface area contributed by atoms with Crippen LogP contribution in [0.2, 0.25) is 0 Å². The first-order chi connectivity index (χ1) is 10.1. The highest BCUT2D eigenvalue weighted by molar-refractivity contribution is 5.90. The van der Waals surface area contributed by atoms with Crippen LogP contribution in [0.1, 0.15) is 30.4 Å². The lowest BCUT2D eigenvalue weighted by molar-refractivity contribution is -0.120. The molecule has 2 unspecified atom stereocenters. The van der Waals surface area contributed by atoms with E-state index in [2.05, 4.69) is 23.3 Å². The molecule has 0 spiro atoms. The summed E-state index contributed by atoms with van der Waals surface area (Å²) in [7, 11) is 0. The van der Waals surface area contributed by atoms with Crippen molar-refractivity contribution in [3.8, 4) is 0 Å². The average Bonchev–Trinajstić information content (AvgIpc) is 3.05. The summed E-state index contributed by atoms with van der Waals surface area (Å²) in [5.74, 6) is 0.246. The lowest BCUT2D eigenvalue weighted by atomic mass is 10.1. The van der Waals surface area contributed by atoms with Gasteiger partial charge in [0.2, 0.25) is 5.91 Å². The molecule has 1 aliphatic rings. The lowest BCUT2D eigenvalue weighted by Gasteiger charge is -2.14. The molecule has 2 aromatic rings. The molecule has 3 N–H and O–H groups in total. The van der Waals surface area contributed by atoms with E-state index in [-0.39, 0.29) is 17.9 Å². The van der Waals surface area contributed by atoms with Crippen LogP contribution in [0.5, 0.6) is 0 Å². The highest BCUT2D eigenvalue weighted by Gasteiger charge is 2.25. The Balaban J connectivity index is 1.62. The van der Waals surface area contributed by atoms with Crippen LogP contribution in [-0.4, -0.2) is 28.6 Å². The number of aryl methyl sites for hydroxylation is 1. The minimum absolute atomic E-state index is 0.0245. The summed E-state index contributed by atoms with van der Waals surface area (Å²) in [6.45, 7) is 2.64. The first-order valence-corrected chi connectivity index (χ1v) is 7.65. The number of aromatic amines is 1. The standard InChI is InChI=1S/C17H22N2O2/c1-11-4-2-6-14-13(10-19-17(11)14)8-16(21)18-9-12-5-3-7-15(12)20/h2,4,6,10,12,15,19-20H,3,5,7-9H2,1H3,(H,18,21). The Morgan fingerprint density at radius 2 is 2.29 bits per heavy atom. The number of hydrogen-bond acceptors (Lipinski definition) is 2. The Bertz CT molecular complexity index is 647. The molecule has 0 bridgehead atoms. The number of fused-ring (bicyclic) bond motifs is 1. The number of aliphatic hydroxyl groups is 1. The number of para-hydroxylation sites is 1. The van der Waals surface area contributed by atoms with Gasteiger partial charge in [-0.25, -0.2) is 0 Å². The number of H-pyrrole nitrogens is 1. The molecular formula is C17H22N2O2. The van der Waals surface area contributed by atoms with E-state index >= 15 is 0 Å². The average molecular weight is 286 g/mol. The van der Waals surface area contributed by atoms with Crippen molar-refractivity contribution in [2.75, 3.05) is 6.54 Å². The van der Waals surface area contributed by atoms with Gasteiger partial charge in [0.1, 0.15) is 0 Å². The fourth-order valence-electron chi connectivity index (χ4n) is 3.25. The van der Waals surface area contributed by atoms with Crippen LogP contribution in [0.25, 0.3) is 10.9 Å². The Kier molecular flexibility index (Phi) is 3.97. The van der Waals surface area contributed by atoms with Gasteiger partial charge in [-0.3, -0.25) is 4.79 Å². The molecule has 112 valence electrons. The van der Waals surface area contributed by atoms with Crippen LogP contribution in [0.4, 0.5) is 0 Å². The third kappa shape index (κ3) is 2.95. The SMILES string of the molecule is Cc1cccc2c(CC(=O)NCC3CCCC3O)c[nH]c12. The van der Waals surface area contributed by atoms with Crippen molar-refractivity contribution in [3.05, 3.63) is 35.5 Å². The van der Waals surface area contributed by atoms with Gasteiger partial charge in [-0.2, -0.15) is 0 Å². The predicted molar refractivity (Wildman–Crippen MR) is 83.1 cm³/mol. The fourth-order valence-corrected chi connectivity index (χ4v) is 3.25. The summed E-state index contributed by atoms with van der Waals surface area (Å²) >= 11 is 0. The van der Waals surface area contributed by atoms with Crippen molar-refractivity contribution in [2.24, 2.45) is 5.92 Å². The molecule has 0 aliphatic heterocycles. The second kappa shape index (κ2) is 5.90. The first-order valence-electron chi connectivity index (χ1n) is 7.65. The van der Waals surface area contributed by atoms with E-state index in [9.17, 15) is 9.90 Å². The second-order valence-corrected chi connectivity index (χ2v) is 6.05. The van der Waals surface area contributed by atoms with E-state index in [1.807, 2.05) is 18.3 Å². The maximum Gasteiger partial charge on any atom is 0.224 e. The topological polar surface area (TPSA) is 65.1 Å². The van der Waals surface area contributed by atoms with Crippen molar-refractivity contribution in [2.45, 2.75) is 38.7 Å². The molecule has 0 saturated heterocycles. The van der Waals surface area contributed by atoms with Crippen molar-refractivity contribution in [1.29, 1.82) is 0 Å². The number of hydrogen-bond donors (Lipinski definition) is 3. The number of carbonyl (C=O) groups is 1. The summed E-state index contributed by atoms with van der Waals surface area (Å²) in [6, 6.07) is 6.12. The molecule has 1 aromatic carbocycles. The number of amides is 1. The van der Waals surface area contributed by atoms with E-state index < -0.39 is 0 Å². The van der Waals surface area contributed by atoms with Gasteiger partial charge >= 0.3 is 0 Å². The van der Waals surface area contributed by atoms with Gasteiger partial charge in [-0.05, 0) is 30.9 Å². The Labute approximate surface area is 124 Å². The molecule has 1 fully saturated rings. The molecule has 1 saturated carbocycles. The number of benzene rings is 1. The van der Waals surface area contributed by atoms with Gasteiger partial charge in [-0.1, -0.05) is 24.6 Å². The quantitative estimate of drug-likeness (QED) is 0.807. The maximum atomic E-state index is 12.1. The summed E-state index contributed by atoms with van der Waals surface area (Å²) in [5, 5.41) is 13.9. The third-order valence-corrected chi connectivity index (χ3v) is 4.54. The largest absolute Gasteiger partial charge is 0.393 e. The van der Waals surface area contributed by atoms with Gasteiger partial charge in [0.05, 0.1) is 12.5 Å². The summed E-state index contributed by atoms with van der Waals surface area (Å²) in [5.41, 5.74) is 3.32. The zero-order valence-electron chi connectivity index (χ0n) is 12.4. The molecule has 1 aromatic heterocycles. The second-order valence-electron chi connectivity index (χ2n) is 6.05. The Morgan fingerprint density at radius 3 is 3.05 bits per heavy atom. The third-order valence-electron chi connectivity index (χ3n) is 4.54. The fraction of sp³-hybridized carbons (Fsp3) is 0.471. The van der Waals surface area contributed by atoms with Crippen molar-refractivity contribution in [1.82, 2.24) is 10.3 Å². The van der Waals surface area contributed by atoms with E-state index in [1.165, 1.54) is 5.56 Å². The van der Waals surface area contributed by atoms with E-state index in [0.29, 0.717) is 13.0 Å². The zero-order chi connectivity index (χ0) is 14.8. The maximum absolute atomic E-state index is 12.1. The van der Waals surface area contributed by atoms with Gasteiger partial charge in [0, 0.05) is 29.6 Å². The molecule has 2 atom stereocenters. The number of nitrogens with one attached hydrogen (secondary N) is 2. The molecule has 21 heavy (non-hydrogen) atoms. The van der Waals surface area contributed by atoms with Crippen LogP contribution in [0, 0.1) is 12.8 Å². The monoisotopic (exact) mass is 286 g/mol. The first kappa shape index (κ1) is 14.1. The molecule has 1 heterocycles. The highest BCUT2D eigenvalue weighted by Crippen LogP contribution is 2.25. The van der Waals surface area contributed by atoms with Crippen molar-refractivity contribution in [3.63, 3.8) is 0 Å². The molecule has 3 rings (SSSR count). The lowest BCUT2D eigenvalue weighted by Crippen LogP contribution is -2.33. The number of rotatable bonds is 4. The molecule has 1 aliphatic carbocycles. The number of carbonyl (C=O) groups excluding carboxylic acids is 1. The Hall–Kier alpha value is -1.81. The smallest absolute Gasteiger partial charge is 0.224 e. The number of aromatic nitrogens is 1. The molecule has 0 radical (unpaired) electrons. The normalized spacial score (nSPS) is 21.8. The summed E-state index contributed by atoms with van der Waals surface area (Å²) in [4.78, 5) is 15.3. The van der Waals surface area contributed by atoms with E-state index in [0.717, 1.165) is 35.7 Å². The van der Waals surface area contributed by atoms with Gasteiger partial charge in [-0.15, -0.1) is 0 Å². The summed E-state index contributed by atoms with van der Waals surface area (Å²) in [6.07, 6.45) is 4.98. The van der Waals surface area contributed by atoms with Crippen LogP contribution in [-0.2, 0) is 11.2 Å². The van der Waals surface area contributed by atoms with Crippen LogP contribution in [0.3, 0.4) is 0 Å². The van der Waals surface area contributed by atoms with Crippen molar-refractivity contribution < 1.29 is 9.90 Å².